The van der Waals surface area contributed by atoms with E-state index in [1.54, 1.807) is 0 Å². The summed E-state index contributed by atoms with van der Waals surface area (Å²) in [5.41, 5.74) is 0.0223. The molecular formula is C16H29NO3. The van der Waals surface area contributed by atoms with Gasteiger partial charge in [-0.15, -0.1) is 0 Å². The van der Waals surface area contributed by atoms with Crippen LogP contribution < -0.4 is 5.32 Å². The second kappa shape index (κ2) is 6.73. The molecule has 4 heteroatoms. The van der Waals surface area contributed by atoms with Gasteiger partial charge < -0.3 is 19.5 Å². The van der Waals surface area contributed by atoms with Crippen molar-refractivity contribution < 1.29 is 14.2 Å². The van der Waals surface area contributed by atoms with Crippen molar-refractivity contribution in [3.8, 4) is 0 Å². The van der Waals surface area contributed by atoms with E-state index in [9.17, 15) is 0 Å². The molecule has 0 aromatic heterocycles. The van der Waals surface area contributed by atoms with Gasteiger partial charge in [-0.2, -0.15) is 0 Å². The van der Waals surface area contributed by atoms with Crippen LogP contribution in [0.25, 0.3) is 0 Å². The highest BCUT2D eigenvalue weighted by Crippen LogP contribution is 2.39. The van der Waals surface area contributed by atoms with Crippen molar-refractivity contribution in [3.63, 3.8) is 0 Å². The minimum atomic E-state index is 0.0223. The summed E-state index contributed by atoms with van der Waals surface area (Å²) in [6.07, 6.45) is 5.82. The molecule has 0 bridgehead atoms. The third kappa shape index (κ3) is 3.19. The van der Waals surface area contributed by atoms with Gasteiger partial charge >= 0.3 is 0 Å². The summed E-state index contributed by atoms with van der Waals surface area (Å²) < 4.78 is 17.3. The highest BCUT2D eigenvalue weighted by molar-refractivity contribution is 4.96. The standard InChI is InChI=1S/C16H29NO3/c1-2-6-17-15(14-3-7-18-11-14)13-4-8-20-16(10-13)5-9-19-12-16/h13-15,17H,2-12H2,1H3. The van der Waals surface area contributed by atoms with E-state index in [1.807, 2.05) is 0 Å². The maximum absolute atomic E-state index is 6.09. The van der Waals surface area contributed by atoms with Gasteiger partial charge in [-0.25, -0.2) is 0 Å². The van der Waals surface area contributed by atoms with Crippen molar-refractivity contribution >= 4 is 0 Å². The van der Waals surface area contributed by atoms with Gasteiger partial charge in [0, 0.05) is 38.2 Å². The van der Waals surface area contributed by atoms with Gasteiger partial charge in [0.1, 0.15) is 0 Å². The van der Waals surface area contributed by atoms with E-state index in [0.717, 1.165) is 52.4 Å². The summed E-state index contributed by atoms with van der Waals surface area (Å²) in [7, 11) is 0. The Labute approximate surface area is 122 Å². The zero-order valence-electron chi connectivity index (χ0n) is 12.7. The first kappa shape index (κ1) is 14.8. The van der Waals surface area contributed by atoms with Gasteiger partial charge in [0.15, 0.2) is 0 Å². The molecule has 3 aliphatic rings. The Kier molecular flexibility index (Phi) is 4.97. The lowest BCUT2D eigenvalue weighted by molar-refractivity contribution is -0.106. The lowest BCUT2D eigenvalue weighted by Crippen LogP contribution is -2.50. The summed E-state index contributed by atoms with van der Waals surface area (Å²) in [4.78, 5) is 0. The van der Waals surface area contributed by atoms with Crippen LogP contribution in [0.4, 0.5) is 0 Å². The summed E-state index contributed by atoms with van der Waals surface area (Å²) >= 11 is 0. The molecule has 0 aliphatic carbocycles. The Hall–Kier alpha value is -0.160. The van der Waals surface area contributed by atoms with Gasteiger partial charge in [-0.05, 0) is 38.1 Å². The smallest absolute Gasteiger partial charge is 0.0939 e. The molecule has 4 unspecified atom stereocenters. The zero-order chi connectivity index (χ0) is 13.8. The van der Waals surface area contributed by atoms with E-state index < -0.39 is 0 Å². The number of nitrogens with one attached hydrogen (secondary N) is 1. The lowest BCUT2D eigenvalue weighted by atomic mass is 9.76. The summed E-state index contributed by atoms with van der Waals surface area (Å²) in [6, 6.07) is 0.596. The molecule has 1 spiro atoms. The van der Waals surface area contributed by atoms with Gasteiger partial charge in [0.2, 0.25) is 0 Å². The van der Waals surface area contributed by atoms with Crippen LogP contribution in [-0.2, 0) is 14.2 Å². The molecule has 0 saturated carbocycles. The maximum atomic E-state index is 6.09. The molecular weight excluding hydrogens is 254 g/mol. The Morgan fingerprint density at radius 2 is 2.05 bits per heavy atom. The second-order valence-corrected chi connectivity index (χ2v) is 6.69. The fourth-order valence-corrected chi connectivity index (χ4v) is 4.10. The highest BCUT2D eigenvalue weighted by atomic mass is 16.6. The molecule has 3 fully saturated rings. The molecule has 0 aromatic rings. The molecule has 4 atom stereocenters. The van der Waals surface area contributed by atoms with E-state index in [1.165, 1.54) is 19.3 Å². The molecule has 3 saturated heterocycles. The Morgan fingerprint density at radius 1 is 1.15 bits per heavy atom. The first-order valence-corrected chi connectivity index (χ1v) is 8.36. The van der Waals surface area contributed by atoms with Crippen molar-refractivity contribution in [1.82, 2.24) is 5.32 Å². The molecule has 4 nitrogen and oxygen atoms in total. The van der Waals surface area contributed by atoms with Crippen LogP contribution in [0, 0.1) is 11.8 Å². The van der Waals surface area contributed by atoms with Crippen LogP contribution >= 0.6 is 0 Å². The van der Waals surface area contributed by atoms with E-state index in [0.29, 0.717) is 17.9 Å². The molecule has 0 aromatic carbocycles. The normalized spacial score (nSPS) is 39.5. The predicted molar refractivity (Wildman–Crippen MR) is 77.9 cm³/mol. The number of hydrogen-bond donors (Lipinski definition) is 1. The maximum Gasteiger partial charge on any atom is 0.0939 e. The monoisotopic (exact) mass is 283 g/mol. The molecule has 1 N–H and O–H groups in total. The molecule has 20 heavy (non-hydrogen) atoms. The summed E-state index contributed by atoms with van der Waals surface area (Å²) in [5.74, 6) is 1.40. The predicted octanol–water partition coefficient (Wildman–Crippen LogP) is 1.98. The highest BCUT2D eigenvalue weighted by Gasteiger charge is 2.44. The van der Waals surface area contributed by atoms with Gasteiger partial charge in [-0.3, -0.25) is 0 Å². The van der Waals surface area contributed by atoms with E-state index in [-0.39, 0.29) is 5.60 Å². The van der Waals surface area contributed by atoms with Crippen molar-refractivity contribution in [1.29, 1.82) is 0 Å². The third-order valence-electron chi connectivity index (χ3n) is 5.21. The largest absolute Gasteiger partial charge is 0.381 e. The van der Waals surface area contributed by atoms with E-state index >= 15 is 0 Å². The SMILES string of the molecule is CCCNC(C1CCOC1)C1CCOC2(CCOC2)C1. The molecule has 0 amide bonds. The van der Waals surface area contributed by atoms with E-state index in [4.69, 9.17) is 14.2 Å². The minimum Gasteiger partial charge on any atom is -0.381 e. The lowest BCUT2D eigenvalue weighted by Gasteiger charge is -2.42. The third-order valence-corrected chi connectivity index (χ3v) is 5.21. The van der Waals surface area contributed by atoms with Crippen LogP contribution in [-0.4, -0.2) is 51.2 Å². The van der Waals surface area contributed by atoms with Gasteiger partial charge in [0.05, 0.1) is 18.8 Å². The van der Waals surface area contributed by atoms with Crippen molar-refractivity contribution in [3.05, 3.63) is 0 Å². The van der Waals surface area contributed by atoms with E-state index in [2.05, 4.69) is 12.2 Å². The first-order chi connectivity index (χ1) is 9.83. The summed E-state index contributed by atoms with van der Waals surface area (Å²) in [5, 5.41) is 3.81. The number of hydrogen-bond acceptors (Lipinski definition) is 4. The molecule has 3 heterocycles. The fourth-order valence-electron chi connectivity index (χ4n) is 4.10. The van der Waals surface area contributed by atoms with Crippen molar-refractivity contribution in [2.45, 2.75) is 50.7 Å². The van der Waals surface area contributed by atoms with Gasteiger partial charge in [-0.1, -0.05) is 6.92 Å². The molecule has 0 radical (unpaired) electrons. The molecule has 3 rings (SSSR count). The van der Waals surface area contributed by atoms with Crippen molar-refractivity contribution in [2.24, 2.45) is 11.8 Å². The topological polar surface area (TPSA) is 39.7 Å². The van der Waals surface area contributed by atoms with Crippen LogP contribution in [0.5, 0.6) is 0 Å². The quantitative estimate of drug-likeness (QED) is 0.837. The van der Waals surface area contributed by atoms with Crippen LogP contribution in [0.1, 0.15) is 39.0 Å². The average molecular weight is 283 g/mol. The molecule has 116 valence electrons. The number of ether oxygens (including phenoxy) is 3. The van der Waals surface area contributed by atoms with Crippen LogP contribution in [0.15, 0.2) is 0 Å². The van der Waals surface area contributed by atoms with Crippen LogP contribution in [0.3, 0.4) is 0 Å². The molecule has 3 aliphatic heterocycles. The average Bonchev–Trinajstić information content (AvgIpc) is 3.12. The van der Waals surface area contributed by atoms with Crippen LogP contribution in [0.2, 0.25) is 0 Å². The first-order valence-electron chi connectivity index (χ1n) is 8.36. The van der Waals surface area contributed by atoms with Crippen molar-refractivity contribution in [2.75, 3.05) is 39.6 Å². The minimum absolute atomic E-state index is 0.0223. The fraction of sp³-hybridized carbons (Fsp3) is 1.00. The second-order valence-electron chi connectivity index (χ2n) is 6.69. The zero-order valence-corrected chi connectivity index (χ0v) is 12.7. The number of rotatable bonds is 5. The summed E-state index contributed by atoms with van der Waals surface area (Å²) in [6.45, 7) is 7.78. The Balaban J connectivity index is 1.65. The Morgan fingerprint density at radius 3 is 2.75 bits per heavy atom. The Bertz CT molecular complexity index is 298. The van der Waals surface area contributed by atoms with Gasteiger partial charge in [0.25, 0.3) is 0 Å².